The van der Waals surface area contributed by atoms with Crippen molar-refractivity contribution in [3.8, 4) is 11.5 Å². The Balaban J connectivity index is 1.61. The molecule has 1 aliphatic heterocycles. The molecule has 0 bridgehead atoms. The number of esters is 1. The molecule has 0 aliphatic carbocycles. The lowest BCUT2D eigenvalue weighted by molar-refractivity contribution is -0.155. The van der Waals surface area contributed by atoms with Crippen molar-refractivity contribution in [2.45, 2.75) is 26.0 Å². The molecule has 0 saturated carbocycles. The molecule has 6 nitrogen and oxygen atoms in total. The third-order valence-corrected chi connectivity index (χ3v) is 4.92. The smallest absolute Gasteiger partial charge is 0.331 e. The van der Waals surface area contributed by atoms with Gasteiger partial charge in [-0.05, 0) is 48.7 Å². The molecular formula is C23H25NO5. The Bertz CT molecular complexity index is 921. The van der Waals surface area contributed by atoms with Crippen molar-refractivity contribution in [1.29, 1.82) is 0 Å². The largest absolute Gasteiger partial charge is 0.497 e. The van der Waals surface area contributed by atoms with Crippen LogP contribution in [0, 0.1) is 0 Å². The van der Waals surface area contributed by atoms with Gasteiger partial charge < -0.3 is 19.1 Å². The fourth-order valence-electron chi connectivity index (χ4n) is 3.33. The van der Waals surface area contributed by atoms with Gasteiger partial charge in [0.1, 0.15) is 11.5 Å². The summed E-state index contributed by atoms with van der Waals surface area (Å²) in [5.41, 5.74) is 3.07. The third kappa shape index (κ3) is 4.96. The lowest BCUT2D eigenvalue weighted by Crippen LogP contribution is -2.42. The monoisotopic (exact) mass is 395 g/mol. The van der Waals surface area contributed by atoms with E-state index in [4.69, 9.17) is 14.2 Å². The van der Waals surface area contributed by atoms with Gasteiger partial charge in [-0.25, -0.2) is 4.79 Å². The molecule has 0 fully saturated rings. The predicted molar refractivity (Wildman–Crippen MR) is 110 cm³/mol. The maximum Gasteiger partial charge on any atom is 0.331 e. The zero-order valence-corrected chi connectivity index (χ0v) is 16.9. The van der Waals surface area contributed by atoms with Crippen LogP contribution in [0.25, 0.3) is 6.08 Å². The van der Waals surface area contributed by atoms with Crippen molar-refractivity contribution < 1.29 is 23.8 Å². The van der Waals surface area contributed by atoms with E-state index in [2.05, 4.69) is 6.07 Å². The van der Waals surface area contributed by atoms with Crippen molar-refractivity contribution >= 4 is 18.0 Å². The van der Waals surface area contributed by atoms with Gasteiger partial charge in [0.25, 0.3) is 5.91 Å². The van der Waals surface area contributed by atoms with E-state index < -0.39 is 12.1 Å². The average molecular weight is 395 g/mol. The highest BCUT2D eigenvalue weighted by Crippen LogP contribution is 2.25. The molecule has 0 N–H and O–H groups in total. The molecule has 0 aromatic heterocycles. The fraction of sp³-hybridized carbons (Fsp3) is 0.304. The zero-order chi connectivity index (χ0) is 20.8. The SMILES string of the molecule is COc1ccc(OC)c(/C=C/C(=O)O[C@H](C)C(=O)N2CCc3ccccc3C2)c1. The molecular weight excluding hydrogens is 370 g/mol. The minimum atomic E-state index is -0.857. The van der Waals surface area contributed by atoms with Crippen LogP contribution in [-0.2, 0) is 27.3 Å². The number of carbonyl (C=O) groups excluding carboxylic acids is 2. The molecule has 152 valence electrons. The summed E-state index contributed by atoms with van der Waals surface area (Å²) in [6.45, 7) is 2.75. The van der Waals surface area contributed by atoms with Gasteiger partial charge in [-0.1, -0.05) is 24.3 Å². The Labute approximate surface area is 170 Å². The van der Waals surface area contributed by atoms with E-state index >= 15 is 0 Å². The number of carbonyl (C=O) groups is 2. The molecule has 3 rings (SSSR count). The molecule has 1 atom stereocenters. The second kappa shape index (κ2) is 9.28. The first-order valence-electron chi connectivity index (χ1n) is 9.48. The quantitative estimate of drug-likeness (QED) is 0.555. The number of methoxy groups -OCH3 is 2. The summed E-state index contributed by atoms with van der Waals surface area (Å²) in [5.74, 6) is 0.465. The van der Waals surface area contributed by atoms with Crippen LogP contribution in [0.3, 0.4) is 0 Å². The summed E-state index contributed by atoms with van der Waals surface area (Å²) in [7, 11) is 3.12. The van der Waals surface area contributed by atoms with Gasteiger partial charge in [0, 0.05) is 24.7 Å². The summed E-state index contributed by atoms with van der Waals surface area (Å²) >= 11 is 0. The van der Waals surface area contributed by atoms with Gasteiger partial charge in [0.15, 0.2) is 6.10 Å². The predicted octanol–water partition coefficient (Wildman–Crippen LogP) is 3.23. The Hall–Kier alpha value is -3.28. The molecule has 1 heterocycles. The maximum absolute atomic E-state index is 12.7. The maximum atomic E-state index is 12.7. The van der Waals surface area contributed by atoms with Gasteiger partial charge in [-0.3, -0.25) is 4.79 Å². The Morgan fingerprint density at radius 1 is 1.07 bits per heavy atom. The van der Waals surface area contributed by atoms with E-state index in [0.717, 1.165) is 12.0 Å². The number of amides is 1. The van der Waals surface area contributed by atoms with E-state index in [1.54, 1.807) is 50.3 Å². The van der Waals surface area contributed by atoms with E-state index in [-0.39, 0.29) is 5.91 Å². The van der Waals surface area contributed by atoms with Gasteiger partial charge in [-0.2, -0.15) is 0 Å². The number of hydrogen-bond acceptors (Lipinski definition) is 5. The zero-order valence-electron chi connectivity index (χ0n) is 16.9. The molecule has 2 aromatic carbocycles. The number of nitrogens with zero attached hydrogens (tertiary/aromatic N) is 1. The van der Waals surface area contributed by atoms with Crippen LogP contribution in [0.1, 0.15) is 23.6 Å². The summed E-state index contributed by atoms with van der Waals surface area (Å²) in [6.07, 6.45) is 2.81. The van der Waals surface area contributed by atoms with Crippen molar-refractivity contribution in [3.63, 3.8) is 0 Å². The topological polar surface area (TPSA) is 65.1 Å². The van der Waals surface area contributed by atoms with Crippen molar-refractivity contribution in [2.24, 2.45) is 0 Å². The molecule has 1 aliphatic rings. The lowest BCUT2D eigenvalue weighted by Gasteiger charge is -2.30. The Morgan fingerprint density at radius 2 is 1.83 bits per heavy atom. The highest BCUT2D eigenvalue weighted by Gasteiger charge is 2.26. The number of fused-ring (bicyclic) bond motifs is 1. The van der Waals surface area contributed by atoms with Crippen molar-refractivity contribution in [2.75, 3.05) is 20.8 Å². The van der Waals surface area contributed by atoms with Crippen molar-refractivity contribution in [3.05, 3.63) is 65.2 Å². The summed E-state index contributed by atoms with van der Waals surface area (Å²) in [4.78, 5) is 26.6. The van der Waals surface area contributed by atoms with Crippen LogP contribution in [0.5, 0.6) is 11.5 Å². The van der Waals surface area contributed by atoms with Gasteiger partial charge >= 0.3 is 5.97 Å². The van der Waals surface area contributed by atoms with E-state index in [0.29, 0.717) is 30.2 Å². The molecule has 1 amide bonds. The number of rotatable bonds is 6. The minimum Gasteiger partial charge on any atom is -0.497 e. The van der Waals surface area contributed by atoms with Crippen LogP contribution in [0.2, 0.25) is 0 Å². The first kappa shape index (κ1) is 20.5. The summed E-state index contributed by atoms with van der Waals surface area (Å²) in [6, 6.07) is 13.4. The molecule has 0 saturated heterocycles. The third-order valence-electron chi connectivity index (χ3n) is 4.92. The van der Waals surface area contributed by atoms with Crippen LogP contribution >= 0.6 is 0 Å². The van der Waals surface area contributed by atoms with E-state index in [9.17, 15) is 9.59 Å². The molecule has 6 heteroatoms. The lowest BCUT2D eigenvalue weighted by atomic mass is 9.99. The number of hydrogen-bond donors (Lipinski definition) is 0. The first-order chi connectivity index (χ1) is 14.0. The standard InChI is InChI=1S/C23H25NO5/c1-16(23(26)24-13-12-17-6-4-5-7-19(17)15-24)29-22(25)11-8-18-14-20(27-2)9-10-21(18)28-3/h4-11,14,16H,12-13,15H2,1-3H3/b11-8+/t16-/m1/s1. The summed E-state index contributed by atoms with van der Waals surface area (Å²) < 4.78 is 15.8. The Kier molecular flexibility index (Phi) is 6.54. The highest BCUT2D eigenvalue weighted by atomic mass is 16.5. The normalized spacial score (nSPS) is 14.2. The molecule has 0 radical (unpaired) electrons. The average Bonchev–Trinajstić information content (AvgIpc) is 2.76. The second-order valence-corrected chi connectivity index (χ2v) is 6.80. The van der Waals surface area contributed by atoms with Gasteiger partial charge in [0.05, 0.1) is 14.2 Å². The van der Waals surface area contributed by atoms with Crippen LogP contribution < -0.4 is 9.47 Å². The van der Waals surface area contributed by atoms with Crippen LogP contribution in [0.15, 0.2) is 48.5 Å². The second-order valence-electron chi connectivity index (χ2n) is 6.80. The number of ether oxygens (including phenoxy) is 3. The molecule has 0 spiro atoms. The molecule has 29 heavy (non-hydrogen) atoms. The molecule has 2 aromatic rings. The van der Waals surface area contributed by atoms with E-state index in [1.807, 2.05) is 18.2 Å². The molecule has 0 unspecified atom stereocenters. The Morgan fingerprint density at radius 3 is 2.55 bits per heavy atom. The number of benzene rings is 2. The highest BCUT2D eigenvalue weighted by molar-refractivity contribution is 5.90. The van der Waals surface area contributed by atoms with Gasteiger partial charge in [-0.15, -0.1) is 0 Å². The summed E-state index contributed by atoms with van der Waals surface area (Å²) in [5, 5.41) is 0. The first-order valence-corrected chi connectivity index (χ1v) is 9.48. The van der Waals surface area contributed by atoms with E-state index in [1.165, 1.54) is 11.6 Å². The fourth-order valence-corrected chi connectivity index (χ4v) is 3.33. The minimum absolute atomic E-state index is 0.194. The van der Waals surface area contributed by atoms with Crippen molar-refractivity contribution in [1.82, 2.24) is 4.90 Å². The van der Waals surface area contributed by atoms with Gasteiger partial charge in [0.2, 0.25) is 0 Å². The van der Waals surface area contributed by atoms with Crippen LogP contribution in [0.4, 0.5) is 0 Å². The van der Waals surface area contributed by atoms with Crippen LogP contribution in [-0.4, -0.2) is 43.6 Å².